The summed E-state index contributed by atoms with van der Waals surface area (Å²) in [6, 6.07) is 4.95. The summed E-state index contributed by atoms with van der Waals surface area (Å²) in [5, 5.41) is 0. The lowest BCUT2D eigenvalue weighted by Crippen LogP contribution is -2.31. The number of anilines is 1. The molecule has 0 atom stereocenters. The molecule has 0 spiro atoms. The van der Waals surface area contributed by atoms with Crippen LogP contribution in [0.25, 0.3) is 0 Å². The number of rotatable bonds is 3. The highest BCUT2D eigenvalue weighted by Crippen LogP contribution is 2.24. The smallest absolute Gasteiger partial charge is 0.165 e. The maximum Gasteiger partial charge on any atom is 0.165 e. The predicted molar refractivity (Wildman–Crippen MR) is 77.2 cm³/mol. The van der Waals surface area contributed by atoms with Gasteiger partial charge < -0.3 is 10.5 Å². The molecule has 2 N–H and O–H groups in total. The summed E-state index contributed by atoms with van der Waals surface area (Å²) < 4.78 is 18.4. The molecule has 0 amide bonds. The zero-order valence-corrected chi connectivity index (χ0v) is 11.8. The largest absolute Gasteiger partial charge is 0.494 e. The monoisotopic (exact) mass is 288 g/mol. The van der Waals surface area contributed by atoms with Crippen molar-refractivity contribution in [1.29, 1.82) is 0 Å². The van der Waals surface area contributed by atoms with E-state index in [2.05, 4.69) is 14.9 Å². The molecule has 3 rings (SSSR count). The van der Waals surface area contributed by atoms with E-state index in [0.29, 0.717) is 5.82 Å². The molecule has 21 heavy (non-hydrogen) atoms. The molecular weight excluding hydrogens is 271 g/mol. The Balaban J connectivity index is 1.75. The maximum absolute atomic E-state index is 13.4. The van der Waals surface area contributed by atoms with Crippen LogP contribution >= 0.6 is 0 Å². The number of nitrogens with two attached hydrogens (primary N) is 1. The lowest BCUT2D eigenvalue weighted by Gasteiger charge is -2.28. The summed E-state index contributed by atoms with van der Waals surface area (Å²) in [5.41, 5.74) is 8.90. The minimum atomic E-state index is -0.342. The minimum absolute atomic E-state index is 0.275. The second kappa shape index (κ2) is 5.65. The van der Waals surface area contributed by atoms with E-state index < -0.39 is 0 Å². The van der Waals surface area contributed by atoms with Crippen LogP contribution in [0.1, 0.15) is 16.8 Å². The Morgan fingerprint density at radius 3 is 3.05 bits per heavy atom. The van der Waals surface area contributed by atoms with Crippen molar-refractivity contribution < 1.29 is 9.13 Å². The van der Waals surface area contributed by atoms with Gasteiger partial charge in [0.1, 0.15) is 12.1 Å². The molecule has 0 unspecified atom stereocenters. The SMILES string of the molecule is COc1cc(CN2CCc3c(N)ncnc3C2)ccc1F. The van der Waals surface area contributed by atoms with Gasteiger partial charge in [-0.05, 0) is 24.1 Å². The standard InChI is InChI=1S/C15H17FN4O/c1-21-14-6-10(2-3-12(14)16)7-20-5-4-11-13(8-20)18-9-19-15(11)17/h2-3,6,9H,4-5,7-8H2,1H3,(H2,17,18,19). The Morgan fingerprint density at radius 2 is 2.24 bits per heavy atom. The van der Waals surface area contributed by atoms with Gasteiger partial charge >= 0.3 is 0 Å². The number of nitrogen functional groups attached to an aromatic ring is 1. The van der Waals surface area contributed by atoms with Gasteiger partial charge in [-0.1, -0.05) is 6.07 Å². The first-order valence-corrected chi connectivity index (χ1v) is 6.80. The molecule has 1 aliphatic rings. The Hall–Kier alpha value is -2.21. The van der Waals surface area contributed by atoms with Gasteiger partial charge in [0.2, 0.25) is 0 Å². The molecule has 0 radical (unpaired) electrons. The molecule has 1 aromatic carbocycles. The van der Waals surface area contributed by atoms with Gasteiger partial charge in [-0.15, -0.1) is 0 Å². The Morgan fingerprint density at radius 1 is 1.38 bits per heavy atom. The van der Waals surface area contributed by atoms with Crippen LogP contribution in [0.3, 0.4) is 0 Å². The van der Waals surface area contributed by atoms with Crippen LogP contribution in [0, 0.1) is 5.82 Å². The molecule has 110 valence electrons. The summed E-state index contributed by atoms with van der Waals surface area (Å²) in [5.74, 6) is 0.505. The fourth-order valence-electron chi connectivity index (χ4n) is 2.63. The van der Waals surface area contributed by atoms with Gasteiger partial charge in [-0.25, -0.2) is 14.4 Å². The first kappa shape index (κ1) is 13.8. The lowest BCUT2D eigenvalue weighted by atomic mass is 10.0. The van der Waals surface area contributed by atoms with Gasteiger partial charge in [0.25, 0.3) is 0 Å². The molecular formula is C15H17FN4O. The molecule has 2 aromatic rings. The highest BCUT2D eigenvalue weighted by molar-refractivity contribution is 5.42. The minimum Gasteiger partial charge on any atom is -0.494 e. The van der Waals surface area contributed by atoms with E-state index >= 15 is 0 Å². The summed E-state index contributed by atoms with van der Waals surface area (Å²) in [6.45, 7) is 2.33. The average Bonchev–Trinajstić information content (AvgIpc) is 2.49. The maximum atomic E-state index is 13.4. The molecule has 1 aromatic heterocycles. The van der Waals surface area contributed by atoms with Gasteiger partial charge in [0.15, 0.2) is 11.6 Å². The zero-order valence-electron chi connectivity index (χ0n) is 11.8. The fraction of sp³-hybridized carbons (Fsp3) is 0.333. The molecule has 0 bridgehead atoms. The molecule has 0 aliphatic carbocycles. The van der Waals surface area contributed by atoms with Crippen LogP contribution in [0.15, 0.2) is 24.5 Å². The van der Waals surface area contributed by atoms with E-state index in [1.54, 1.807) is 12.1 Å². The molecule has 5 nitrogen and oxygen atoms in total. The molecule has 0 saturated heterocycles. The predicted octanol–water partition coefficient (Wildman–Crippen LogP) is 1.76. The van der Waals surface area contributed by atoms with Crippen LogP contribution in [0.2, 0.25) is 0 Å². The van der Waals surface area contributed by atoms with E-state index in [4.69, 9.17) is 10.5 Å². The van der Waals surface area contributed by atoms with Crippen LogP contribution in [0.4, 0.5) is 10.2 Å². The highest BCUT2D eigenvalue weighted by atomic mass is 19.1. The summed E-state index contributed by atoms with van der Waals surface area (Å²) >= 11 is 0. The van der Waals surface area contributed by atoms with Crippen LogP contribution in [0.5, 0.6) is 5.75 Å². The van der Waals surface area contributed by atoms with E-state index in [9.17, 15) is 4.39 Å². The zero-order chi connectivity index (χ0) is 14.8. The number of nitrogens with zero attached hydrogens (tertiary/aromatic N) is 3. The number of benzene rings is 1. The van der Waals surface area contributed by atoms with Gasteiger partial charge in [0.05, 0.1) is 12.8 Å². The van der Waals surface area contributed by atoms with Crippen molar-refractivity contribution in [2.24, 2.45) is 0 Å². The topological polar surface area (TPSA) is 64.3 Å². The molecule has 0 saturated carbocycles. The Bertz CT molecular complexity index is 662. The van der Waals surface area contributed by atoms with Crippen molar-refractivity contribution in [3.05, 3.63) is 47.2 Å². The second-order valence-electron chi connectivity index (χ2n) is 5.11. The van der Waals surface area contributed by atoms with Crippen LogP contribution < -0.4 is 10.5 Å². The van der Waals surface area contributed by atoms with Crippen molar-refractivity contribution in [3.8, 4) is 5.75 Å². The average molecular weight is 288 g/mol. The van der Waals surface area contributed by atoms with Gasteiger partial charge in [0, 0.05) is 25.2 Å². The third-order valence-electron chi connectivity index (χ3n) is 3.74. The van der Waals surface area contributed by atoms with Crippen LogP contribution in [-0.4, -0.2) is 28.5 Å². The Labute approximate surface area is 122 Å². The highest BCUT2D eigenvalue weighted by Gasteiger charge is 2.20. The molecule has 6 heteroatoms. The van der Waals surface area contributed by atoms with Crippen LogP contribution in [-0.2, 0) is 19.5 Å². The normalized spacial score (nSPS) is 14.8. The van der Waals surface area contributed by atoms with E-state index in [-0.39, 0.29) is 11.6 Å². The Kier molecular flexibility index (Phi) is 3.70. The number of fused-ring (bicyclic) bond motifs is 1. The first-order chi connectivity index (χ1) is 10.2. The summed E-state index contributed by atoms with van der Waals surface area (Å²) in [4.78, 5) is 10.6. The lowest BCUT2D eigenvalue weighted by molar-refractivity contribution is 0.241. The molecule has 1 aliphatic heterocycles. The van der Waals surface area contributed by atoms with Crippen molar-refractivity contribution in [1.82, 2.24) is 14.9 Å². The van der Waals surface area contributed by atoms with Gasteiger partial charge in [-0.3, -0.25) is 4.90 Å². The third kappa shape index (κ3) is 2.80. The third-order valence-corrected chi connectivity index (χ3v) is 3.74. The quantitative estimate of drug-likeness (QED) is 0.932. The van der Waals surface area contributed by atoms with E-state index in [0.717, 1.165) is 42.9 Å². The number of methoxy groups -OCH3 is 1. The number of ether oxygens (including phenoxy) is 1. The molecule has 2 heterocycles. The van der Waals surface area contributed by atoms with Crippen molar-refractivity contribution in [2.45, 2.75) is 19.5 Å². The number of hydrogen-bond acceptors (Lipinski definition) is 5. The number of aromatic nitrogens is 2. The molecule has 0 fully saturated rings. The van der Waals surface area contributed by atoms with E-state index in [1.807, 2.05) is 0 Å². The van der Waals surface area contributed by atoms with Gasteiger partial charge in [-0.2, -0.15) is 0 Å². The second-order valence-corrected chi connectivity index (χ2v) is 5.11. The number of halogens is 1. The van der Waals surface area contributed by atoms with Crippen molar-refractivity contribution in [2.75, 3.05) is 19.4 Å². The van der Waals surface area contributed by atoms with Crippen molar-refractivity contribution in [3.63, 3.8) is 0 Å². The summed E-state index contributed by atoms with van der Waals surface area (Å²) in [7, 11) is 1.47. The summed E-state index contributed by atoms with van der Waals surface area (Å²) in [6.07, 6.45) is 2.33. The van der Waals surface area contributed by atoms with E-state index in [1.165, 1.54) is 19.5 Å². The first-order valence-electron chi connectivity index (χ1n) is 6.80. The van der Waals surface area contributed by atoms with Crippen molar-refractivity contribution >= 4 is 5.82 Å². The number of hydrogen-bond donors (Lipinski definition) is 1. The fourth-order valence-corrected chi connectivity index (χ4v) is 2.63.